The highest BCUT2D eigenvalue weighted by molar-refractivity contribution is 5.77. The number of nitrogens with two attached hydrogens (primary N) is 1. The Kier molecular flexibility index (Phi) is 4.93. The molecule has 2 aromatic rings. The summed E-state index contributed by atoms with van der Waals surface area (Å²) in [6.07, 6.45) is 1.84. The standard InChI is InChI=1S/C18H21FN4O/c19-16-4-1-5-17(22-16)21-11-13-6-8-15(9-7-13)23-10-2-3-14(12-23)18(20)24/h1,4-9,14H,2-3,10-12H2,(H2,20,24)(H,21,22)/t14-/m0/s1. The van der Waals surface area contributed by atoms with Gasteiger partial charge < -0.3 is 16.0 Å². The van der Waals surface area contributed by atoms with E-state index >= 15 is 0 Å². The second kappa shape index (κ2) is 7.29. The van der Waals surface area contributed by atoms with Crippen molar-refractivity contribution in [2.24, 2.45) is 11.7 Å². The fraction of sp³-hybridized carbons (Fsp3) is 0.333. The van der Waals surface area contributed by atoms with Crippen molar-refractivity contribution in [3.8, 4) is 0 Å². The normalized spacial score (nSPS) is 17.5. The van der Waals surface area contributed by atoms with Crippen LogP contribution < -0.4 is 16.0 Å². The second-order valence-corrected chi connectivity index (χ2v) is 6.05. The van der Waals surface area contributed by atoms with Gasteiger partial charge in [-0.2, -0.15) is 4.39 Å². The number of anilines is 2. The number of hydrogen-bond donors (Lipinski definition) is 2. The lowest BCUT2D eigenvalue weighted by atomic mass is 9.97. The van der Waals surface area contributed by atoms with Gasteiger partial charge in [0.15, 0.2) is 0 Å². The van der Waals surface area contributed by atoms with E-state index in [1.54, 1.807) is 12.1 Å². The van der Waals surface area contributed by atoms with Crippen LogP contribution in [-0.2, 0) is 11.3 Å². The molecule has 0 unspecified atom stereocenters. The van der Waals surface area contributed by atoms with E-state index in [0.29, 0.717) is 18.9 Å². The van der Waals surface area contributed by atoms with Crippen LogP contribution in [0.3, 0.4) is 0 Å². The van der Waals surface area contributed by atoms with E-state index in [1.807, 2.05) is 24.3 Å². The van der Waals surface area contributed by atoms with E-state index < -0.39 is 5.95 Å². The van der Waals surface area contributed by atoms with Gasteiger partial charge in [0, 0.05) is 25.3 Å². The fourth-order valence-electron chi connectivity index (χ4n) is 2.97. The van der Waals surface area contributed by atoms with E-state index in [4.69, 9.17) is 5.73 Å². The maximum Gasteiger partial charge on any atom is 0.222 e. The van der Waals surface area contributed by atoms with Crippen LogP contribution in [0.5, 0.6) is 0 Å². The Bertz CT molecular complexity index is 704. The molecule has 0 saturated carbocycles. The lowest BCUT2D eigenvalue weighted by Crippen LogP contribution is -2.41. The number of aromatic nitrogens is 1. The number of amides is 1. The third kappa shape index (κ3) is 4.01. The van der Waals surface area contributed by atoms with Gasteiger partial charge in [-0.15, -0.1) is 0 Å². The molecule has 0 spiro atoms. The molecule has 1 saturated heterocycles. The number of primary amides is 1. The van der Waals surface area contributed by atoms with Crippen LogP contribution in [0, 0.1) is 11.9 Å². The van der Waals surface area contributed by atoms with E-state index in [9.17, 15) is 9.18 Å². The maximum atomic E-state index is 13.1. The molecule has 1 aromatic heterocycles. The number of carbonyl (C=O) groups excluding carboxylic acids is 1. The molecule has 1 atom stereocenters. The number of benzene rings is 1. The summed E-state index contributed by atoms with van der Waals surface area (Å²) in [6, 6.07) is 12.8. The van der Waals surface area contributed by atoms with Crippen LogP contribution in [0.2, 0.25) is 0 Å². The molecular weight excluding hydrogens is 307 g/mol. The smallest absolute Gasteiger partial charge is 0.222 e. The zero-order valence-electron chi connectivity index (χ0n) is 13.4. The molecule has 126 valence electrons. The lowest BCUT2D eigenvalue weighted by Gasteiger charge is -2.33. The van der Waals surface area contributed by atoms with Gasteiger partial charge in [-0.05, 0) is 42.7 Å². The molecule has 1 aliphatic rings. The fourth-order valence-corrected chi connectivity index (χ4v) is 2.97. The minimum Gasteiger partial charge on any atom is -0.371 e. The Hall–Kier alpha value is -2.63. The predicted molar refractivity (Wildman–Crippen MR) is 92.1 cm³/mol. The average molecular weight is 328 g/mol. The van der Waals surface area contributed by atoms with E-state index in [0.717, 1.165) is 30.6 Å². The molecule has 1 aromatic carbocycles. The number of piperidine rings is 1. The van der Waals surface area contributed by atoms with Gasteiger partial charge >= 0.3 is 0 Å². The molecule has 6 heteroatoms. The average Bonchev–Trinajstić information content (AvgIpc) is 2.60. The van der Waals surface area contributed by atoms with Gasteiger partial charge in [-0.3, -0.25) is 4.79 Å². The zero-order chi connectivity index (χ0) is 16.9. The number of nitrogens with zero attached hydrogens (tertiary/aromatic N) is 2. The topological polar surface area (TPSA) is 71.2 Å². The summed E-state index contributed by atoms with van der Waals surface area (Å²) < 4.78 is 13.1. The number of rotatable bonds is 5. The molecule has 3 N–H and O–H groups in total. The molecular formula is C18H21FN4O. The van der Waals surface area contributed by atoms with Crippen LogP contribution in [0.1, 0.15) is 18.4 Å². The SMILES string of the molecule is NC(=O)[C@H]1CCCN(c2ccc(CNc3cccc(F)n3)cc2)C1. The highest BCUT2D eigenvalue weighted by Crippen LogP contribution is 2.23. The van der Waals surface area contributed by atoms with Gasteiger partial charge in [0.1, 0.15) is 5.82 Å². The summed E-state index contributed by atoms with van der Waals surface area (Å²) in [6.45, 7) is 2.19. The van der Waals surface area contributed by atoms with Gasteiger partial charge in [-0.25, -0.2) is 4.98 Å². The summed E-state index contributed by atoms with van der Waals surface area (Å²) >= 11 is 0. The molecule has 2 heterocycles. The second-order valence-electron chi connectivity index (χ2n) is 6.05. The summed E-state index contributed by atoms with van der Waals surface area (Å²) in [4.78, 5) is 17.4. The van der Waals surface area contributed by atoms with Crippen molar-refractivity contribution in [3.63, 3.8) is 0 Å². The Morgan fingerprint density at radius 1 is 1.29 bits per heavy atom. The van der Waals surface area contributed by atoms with Crippen molar-refractivity contribution in [3.05, 3.63) is 54.0 Å². The first-order valence-corrected chi connectivity index (χ1v) is 8.11. The van der Waals surface area contributed by atoms with Gasteiger partial charge in [0.2, 0.25) is 11.9 Å². The molecule has 3 rings (SSSR count). The quantitative estimate of drug-likeness (QED) is 0.828. The Morgan fingerprint density at radius 3 is 2.79 bits per heavy atom. The van der Waals surface area contributed by atoms with E-state index in [-0.39, 0.29) is 11.8 Å². The third-order valence-corrected chi connectivity index (χ3v) is 4.31. The van der Waals surface area contributed by atoms with Crippen LogP contribution in [0.15, 0.2) is 42.5 Å². The Labute approximate surface area is 140 Å². The molecule has 1 aliphatic heterocycles. The number of carbonyl (C=O) groups is 1. The summed E-state index contributed by atoms with van der Waals surface area (Å²) in [5.41, 5.74) is 7.60. The van der Waals surface area contributed by atoms with Crippen LogP contribution in [-0.4, -0.2) is 24.0 Å². The number of halogens is 1. The molecule has 1 amide bonds. The molecule has 1 fully saturated rings. The first-order chi connectivity index (χ1) is 11.6. The number of nitrogens with one attached hydrogen (secondary N) is 1. The summed E-state index contributed by atoms with van der Waals surface area (Å²) in [5.74, 6) is -0.272. The number of pyridine rings is 1. The van der Waals surface area contributed by atoms with Crippen molar-refractivity contribution in [1.82, 2.24) is 4.98 Å². The largest absolute Gasteiger partial charge is 0.371 e. The van der Waals surface area contributed by atoms with Gasteiger partial charge in [-0.1, -0.05) is 18.2 Å². The first kappa shape index (κ1) is 16.2. The Morgan fingerprint density at radius 2 is 2.08 bits per heavy atom. The van der Waals surface area contributed by atoms with Crippen LogP contribution >= 0.6 is 0 Å². The highest BCUT2D eigenvalue weighted by atomic mass is 19.1. The molecule has 5 nitrogen and oxygen atoms in total. The summed E-state index contributed by atoms with van der Waals surface area (Å²) in [7, 11) is 0. The van der Waals surface area contributed by atoms with Gasteiger partial charge in [0.05, 0.1) is 5.92 Å². The zero-order valence-corrected chi connectivity index (χ0v) is 13.4. The molecule has 24 heavy (non-hydrogen) atoms. The van der Waals surface area contributed by atoms with Crippen molar-refractivity contribution < 1.29 is 9.18 Å². The van der Waals surface area contributed by atoms with Gasteiger partial charge in [0.25, 0.3) is 0 Å². The molecule has 0 aliphatic carbocycles. The minimum absolute atomic E-state index is 0.0702. The van der Waals surface area contributed by atoms with Crippen molar-refractivity contribution in [2.45, 2.75) is 19.4 Å². The lowest BCUT2D eigenvalue weighted by molar-refractivity contribution is -0.122. The monoisotopic (exact) mass is 328 g/mol. The third-order valence-electron chi connectivity index (χ3n) is 4.31. The molecule has 0 radical (unpaired) electrons. The minimum atomic E-state index is -0.496. The van der Waals surface area contributed by atoms with E-state index in [1.165, 1.54) is 6.07 Å². The summed E-state index contributed by atoms with van der Waals surface area (Å²) in [5, 5.41) is 3.10. The van der Waals surface area contributed by atoms with Crippen LogP contribution in [0.25, 0.3) is 0 Å². The number of hydrogen-bond acceptors (Lipinski definition) is 4. The van der Waals surface area contributed by atoms with Crippen molar-refractivity contribution in [2.75, 3.05) is 23.3 Å². The Balaban J connectivity index is 1.60. The highest BCUT2D eigenvalue weighted by Gasteiger charge is 2.23. The predicted octanol–water partition coefficient (Wildman–Crippen LogP) is 2.53. The molecule has 0 bridgehead atoms. The van der Waals surface area contributed by atoms with Crippen molar-refractivity contribution in [1.29, 1.82) is 0 Å². The maximum absolute atomic E-state index is 13.1. The van der Waals surface area contributed by atoms with E-state index in [2.05, 4.69) is 15.2 Å². The first-order valence-electron chi connectivity index (χ1n) is 8.11. The van der Waals surface area contributed by atoms with Crippen molar-refractivity contribution >= 4 is 17.4 Å². The van der Waals surface area contributed by atoms with Crippen LogP contribution in [0.4, 0.5) is 15.9 Å².